The second kappa shape index (κ2) is 7.51. The number of aromatic nitrogens is 1. The summed E-state index contributed by atoms with van der Waals surface area (Å²) >= 11 is 0. The summed E-state index contributed by atoms with van der Waals surface area (Å²) in [5.74, 6) is 0.552. The lowest BCUT2D eigenvalue weighted by Crippen LogP contribution is -2.39. The van der Waals surface area contributed by atoms with Gasteiger partial charge in [-0.05, 0) is 31.9 Å². The van der Waals surface area contributed by atoms with E-state index in [1.165, 1.54) is 0 Å². The number of urea groups is 1. The molecule has 1 aliphatic rings. The maximum absolute atomic E-state index is 12.5. The van der Waals surface area contributed by atoms with E-state index in [1.54, 1.807) is 30.9 Å². The van der Waals surface area contributed by atoms with E-state index in [2.05, 4.69) is 10.6 Å². The first-order valence-corrected chi connectivity index (χ1v) is 8.31. The number of amides is 3. The third-order valence-electron chi connectivity index (χ3n) is 4.02. The Bertz CT molecular complexity index is 628. The number of rotatable bonds is 3. The van der Waals surface area contributed by atoms with Crippen LogP contribution >= 0.6 is 0 Å². The molecule has 0 saturated heterocycles. The lowest BCUT2D eigenvalue weighted by Gasteiger charge is -2.19. The minimum atomic E-state index is -0.0760. The Morgan fingerprint density at radius 3 is 2.50 bits per heavy atom. The summed E-state index contributed by atoms with van der Waals surface area (Å²) in [6.45, 7) is 5.29. The fourth-order valence-corrected chi connectivity index (χ4v) is 2.78. The molecule has 1 aromatic heterocycles. The van der Waals surface area contributed by atoms with E-state index in [9.17, 15) is 9.59 Å². The lowest BCUT2D eigenvalue weighted by atomic mass is 10.0. The topological polar surface area (TPSA) is 77.6 Å². The molecule has 2 rings (SSSR count). The number of hydrogen-bond acceptors (Lipinski definition) is 4. The van der Waals surface area contributed by atoms with Crippen molar-refractivity contribution in [3.05, 3.63) is 22.9 Å². The molecular formula is C17H27N5O2. The minimum Gasteiger partial charge on any atom is -0.367 e. The fourth-order valence-electron chi connectivity index (χ4n) is 2.78. The minimum absolute atomic E-state index is 0.0687. The molecule has 24 heavy (non-hydrogen) atoms. The number of nitrogens with zero attached hydrogens (tertiary/aromatic N) is 3. The van der Waals surface area contributed by atoms with E-state index in [4.69, 9.17) is 4.98 Å². The smallest absolute Gasteiger partial charge is 0.317 e. The molecule has 0 aliphatic carbocycles. The number of fused-ring (bicyclic) bond motifs is 1. The van der Waals surface area contributed by atoms with Crippen molar-refractivity contribution in [1.29, 1.82) is 0 Å². The van der Waals surface area contributed by atoms with Crippen LogP contribution in [-0.4, -0.2) is 67.0 Å². The fraction of sp³-hybridized carbons (Fsp3) is 0.588. The normalized spacial score (nSPS) is 14.0. The summed E-state index contributed by atoms with van der Waals surface area (Å²) in [7, 11) is 5.11. The largest absolute Gasteiger partial charge is 0.367 e. The molecule has 2 heterocycles. The molecule has 1 aliphatic heterocycles. The number of hydrogen-bond donors (Lipinski definition) is 2. The molecule has 1 aromatic rings. The summed E-state index contributed by atoms with van der Waals surface area (Å²) in [4.78, 5) is 32.4. The molecule has 2 N–H and O–H groups in total. The van der Waals surface area contributed by atoms with Crippen LogP contribution in [0.4, 0.5) is 10.6 Å². The molecule has 7 nitrogen and oxygen atoms in total. The first-order chi connectivity index (χ1) is 11.3. The van der Waals surface area contributed by atoms with Gasteiger partial charge in [0, 0.05) is 52.4 Å². The quantitative estimate of drug-likeness (QED) is 0.875. The van der Waals surface area contributed by atoms with Crippen molar-refractivity contribution in [2.45, 2.75) is 32.7 Å². The van der Waals surface area contributed by atoms with Gasteiger partial charge in [-0.2, -0.15) is 0 Å². The number of anilines is 1. The van der Waals surface area contributed by atoms with E-state index in [-0.39, 0.29) is 18.0 Å². The summed E-state index contributed by atoms with van der Waals surface area (Å²) < 4.78 is 0. The highest BCUT2D eigenvalue weighted by Crippen LogP contribution is 2.23. The molecule has 0 atom stereocenters. The van der Waals surface area contributed by atoms with Crippen molar-refractivity contribution in [3.8, 4) is 0 Å². The Balaban J connectivity index is 2.38. The van der Waals surface area contributed by atoms with E-state index in [0.29, 0.717) is 37.3 Å². The predicted molar refractivity (Wildman–Crippen MR) is 94.4 cm³/mol. The second-order valence-corrected chi connectivity index (χ2v) is 6.53. The van der Waals surface area contributed by atoms with Gasteiger partial charge in [-0.15, -0.1) is 0 Å². The molecule has 0 unspecified atom stereocenters. The van der Waals surface area contributed by atoms with Gasteiger partial charge >= 0.3 is 6.03 Å². The zero-order chi connectivity index (χ0) is 17.9. The Kier molecular flexibility index (Phi) is 5.64. The molecule has 3 amide bonds. The molecule has 0 radical (unpaired) electrons. The molecule has 0 aromatic carbocycles. The highest BCUT2D eigenvalue weighted by atomic mass is 16.2. The van der Waals surface area contributed by atoms with Gasteiger partial charge < -0.3 is 20.4 Å². The van der Waals surface area contributed by atoms with Crippen LogP contribution in [0.15, 0.2) is 6.07 Å². The standard InChI is InChI=1S/C17H27N5O2/c1-11(2)19-15-13(16(23)21(4)5)10-12-6-8-22(17(24)18-3)9-7-14(12)20-15/h10-11H,6-9H2,1-5H3,(H,18,24)(H,19,20). The highest BCUT2D eigenvalue weighted by molar-refractivity contribution is 5.98. The van der Waals surface area contributed by atoms with Gasteiger partial charge in [0.15, 0.2) is 0 Å². The summed E-state index contributed by atoms with van der Waals surface area (Å²) in [6, 6.07) is 2.04. The van der Waals surface area contributed by atoms with Crippen LogP contribution < -0.4 is 10.6 Å². The average Bonchev–Trinajstić information content (AvgIpc) is 2.74. The van der Waals surface area contributed by atoms with Crippen LogP contribution in [0.25, 0.3) is 0 Å². The summed E-state index contributed by atoms with van der Waals surface area (Å²) in [6.07, 6.45) is 1.39. The van der Waals surface area contributed by atoms with Crippen LogP contribution in [-0.2, 0) is 12.8 Å². The number of carbonyl (C=O) groups excluding carboxylic acids is 2. The van der Waals surface area contributed by atoms with Gasteiger partial charge in [-0.25, -0.2) is 9.78 Å². The Morgan fingerprint density at radius 1 is 1.25 bits per heavy atom. The Hall–Kier alpha value is -2.31. The zero-order valence-corrected chi connectivity index (χ0v) is 15.1. The molecule has 132 valence electrons. The van der Waals surface area contributed by atoms with Crippen LogP contribution in [0.2, 0.25) is 0 Å². The average molecular weight is 333 g/mol. The van der Waals surface area contributed by atoms with Gasteiger partial charge in [-0.3, -0.25) is 4.79 Å². The first kappa shape index (κ1) is 18.0. The molecular weight excluding hydrogens is 306 g/mol. The van der Waals surface area contributed by atoms with Gasteiger partial charge in [0.1, 0.15) is 5.82 Å². The van der Waals surface area contributed by atoms with Crippen molar-refractivity contribution in [2.24, 2.45) is 0 Å². The zero-order valence-electron chi connectivity index (χ0n) is 15.1. The second-order valence-electron chi connectivity index (χ2n) is 6.53. The maximum atomic E-state index is 12.5. The number of pyridine rings is 1. The van der Waals surface area contributed by atoms with E-state index in [0.717, 1.165) is 11.3 Å². The predicted octanol–water partition coefficient (Wildman–Crippen LogP) is 1.34. The molecule has 0 bridgehead atoms. The molecule has 0 fully saturated rings. The third-order valence-corrected chi connectivity index (χ3v) is 4.02. The van der Waals surface area contributed by atoms with Crippen molar-refractivity contribution < 1.29 is 9.59 Å². The maximum Gasteiger partial charge on any atom is 0.317 e. The van der Waals surface area contributed by atoms with Crippen molar-refractivity contribution in [1.82, 2.24) is 20.1 Å². The Labute approximate surface area is 143 Å². The number of nitrogens with one attached hydrogen (secondary N) is 2. The SMILES string of the molecule is CNC(=O)N1CCc2cc(C(=O)N(C)C)c(NC(C)C)nc2CC1. The van der Waals surface area contributed by atoms with Crippen LogP contribution in [0.3, 0.4) is 0 Å². The van der Waals surface area contributed by atoms with Crippen LogP contribution in [0.1, 0.15) is 35.5 Å². The van der Waals surface area contributed by atoms with Crippen molar-refractivity contribution in [2.75, 3.05) is 39.5 Å². The summed E-state index contributed by atoms with van der Waals surface area (Å²) in [5, 5.41) is 5.94. The number of carbonyl (C=O) groups is 2. The molecule has 0 spiro atoms. The van der Waals surface area contributed by atoms with Gasteiger partial charge in [0.25, 0.3) is 5.91 Å². The molecule has 7 heteroatoms. The van der Waals surface area contributed by atoms with E-state index in [1.807, 2.05) is 19.9 Å². The van der Waals surface area contributed by atoms with Gasteiger partial charge in [0.05, 0.1) is 5.56 Å². The monoisotopic (exact) mass is 333 g/mol. The van der Waals surface area contributed by atoms with Crippen LogP contribution in [0.5, 0.6) is 0 Å². The molecule has 0 saturated carbocycles. The van der Waals surface area contributed by atoms with Crippen LogP contribution in [0, 0.1) is 0 Å². The van der Waals surface area contributed by atoms with E-state index >= 15 is 0 Å². The Morgan fingerprint density at radius 2 is 1.92 bits per heavy atom. The lowest BCUT2D eigenvalue weighted by molar-refractivity contribution is 0.0828. The van der Waals surface area contributed by atoms with Gasteiger partial charge in [-0.1, -0.05) is 0 Å². The third kappa shape index (κ3) is 3.96. The highest BCUT2D eigenvalue weighted by Gasteiger charge is 2.23. The van der Waals surface area contributed by atoms with Gasteiger partial charge in [0.2, 0.25) is 0 Å². The first-order valence-electron chi connectivity index (χ1n) is 8.31. The van der Waals surface area contributed by atoms with Crippen molar-refractivity contribution >= 4 is 17.8 Å². The van der Waals surface area contributed by atoms with E-state index < -0.39 is 0 Å². The summed E-state index contributed by atoms with van der Waals surface area (Å²) in [5.41, 5.74) is 2.58. The van der Waals surface area contributed by atoms with Crippen molar-refractivity contribution in [3.63, 3.8) is 0 Å².